The fourth-order valence-corrected chi connectivity index (χ4v) is 10.7. The number of allylic oxidation sites excluding steroid dienone is 5. The van der Waals surface area contributed by atoms with Gasteiger partial charge in [-0.3, -0.25) is 13.8 Å². The van der Waals surface area contributed by atoms with Crippen LogP contribution in [0.1, 0.15) is 328 Å². The van der Waals surface area contributed by atoms with Crippen molar-refractivity contribution in [1.82, 2.24) is 5.32 Å². The molecule has 0 spiro atoms. The Hall–Kier alpha value is -1.28. The van der Waals surface area contributed by atoms with E-state index in [2.05, 4.69) is 43.5 Å². The molecule has 1 amide bonds. The summed E-state index contributed by atoms with van der Waals surface area (Å²) in [7, 11) is 1.57. The van der Waals surface area contributed by atoms with Crippen molar-refractivity contribution in [2.24, 2.45) is 0 Å². The molecule has 3 unspecified atom stereocenters. The molecule has 0 bridgehead atoms. The van der Waals surface area contributed by atoms with Crippen LogP contribution in [0, 0.1) is 0 Å². The molecule has 0 saturated heterocycles. The first-order valence-electron chi connectivity index (χ1n) is 32.9. The molecule has 0 aromatic rings. The molecule has 3 atom stereocenters. The highest BCUT2D eigenvalue weighted by molar-refractivity contribution is 7.47. The molecule has 0 fully saturated rings. The van der Waals surface area contributed by atoms with Gasteiger partial charge in [0.05, 0.1) is 39.9 Å². The van der Waals surface area contributed by atoms with Gasteiger partial charge in [-0.05, 0) is 57.8 Å². The summed E-state index contributed by atoms with van der Waals surface area (Å²) >= 11 is 0. The van der Waals surface area contributed by atoms with Gasteiger partial charge >= 0.3 is 7.82 Å². The Morgan fingerprint density at radius 3 is 1.07 bits per heavy atom. The molecule has 0 aliphatic rings. The molecule has 0 rings (SSSR count). The van der Waals surface area contributed by atoms with Crippen LogP contribution in [0.3, 0.4) is 0 Å². The Morgan fingerprint density at radius 2 is 0.733 bits per heavy atom. The molecular formula is C66H130N2O6P+. The van der Waals surface area contributed by atoms with Crippen LogP contribution in [-0.4, -0.2) is 73.4 Å². The topological polar surface area (TPSA) is 105 Å². The van der Waals surface area contributed by atoms with E-state index in [9.17, 15) is 19.4 Å². The van der Waals surface area contributed by atoms with Gasteiger partial charge in [-0.25, -0.2) is 4.57 Å². The van der Waals surface area contributed by atoms with E-state index in [-0.39, 0.29) is 19.1 Å². The lowest BCUT2D eigenvalue weighted by Crippen LogP contribution is -2.45. The number of carbonyl (C=O) groups excluding carboxylic acids is 1. The Morgan fingerprint density at radius 1 is 0.440 bits per heavy atom. The van der Waals surface area contributed by atoms with E-state index in [1.165, 1.54) is 270 Å². The lowest BCUT2D eigenvalue weighted by atomic mass is 10.0. The second-order valence-electron chi connectivity index (χ2n) is 23.8. The third-order valence-electron chi connectivity index (χ3n) is 15.1. The first-order chi connectivity index (χ1) is 36.5. The maximum Gasteiger partial charge on any atom is 0.472 e. The molecule has 0 aliphatic carbocycles. The second-order valence-corrected chi connectivity index (χ2v) is 25.3. The summed E-state index contributed by atoms with van der Waals surface area (Å²) in [6, 6.07) is -0.863. The summed E-state index contributed by atoms with van der Waals surface area (Å²) in [6.07, 6.45) is 75.7. The second kappa shape index (κ2) is 57.4. The third kappa shape index (κ3) is 60.2. The first kappa shape index (κ1) is 73.7. The highest BCUT2D eigenvalue weighted by Gasteiger charge is 2.28. The number of amides is 1. The Balaban J connectivity index is 4.08. The molecule has 0 saturated carbocycles. The van der Waals surface area contributed by atoms with Crippen molar-refractivity contribution < 1.29 is 32.9 Å². The van der Waals surface area contributed by atoms with Crippen molar-refractivity contribution in [1.29, 1.82) is 0 Å². The number of aliphatic hydroxyl groups is 1. The smallest absolute Gasteiger partial charge is 0.387 e. The summed E-state index contributed by atoms with van der Waals surface area (Å²) in [4.78, 5) is 23.4. The van der Waals surface area contributed by atoms with Crippen molar-refractivity contribution in [2.45, 2.75) is 341 Å². The lowest BCUT2D eigenvalue weighted by Gasteiger charge is -2.25. The SMILES string of the molecule is CCCCCCCCCCCCCC/C=C\CCCCCCCCCCCCCCCCCCC(=O)NC(COP(=O)(O)OCC[N+](C)(C)C)C(O)/C=C/CC/C=C/CCCCCCCCCCCCCCCCC. The summed E-state index contributed by atoms with van der Waals surface area (Å²) < 4.78 is 23.8. The molecule has 8 nitrogen and oxygen atoms in total. The van der Waals surface area contributed by atoms with Crippen molar-refractivity contribution in [3.05, 3.63) is 36.5 Å². The lowest BCUT2D eigenvalue weighted by molar-refractivity contribution is -0.870. The van der Waals surface area contributed by atoms with Crippen LogP contribution in [0.2, 0.25) is 0 Å². The summed E-state index contributed by atoms with van der Waals surface area (Å²) in [5.41, 5.74) is 0. The zero-order chi connectivity index (χ0) is 54.9. The standard InChI is InChI=1S/C66H129N2O6P/c1-6-8-10-12-14-16-18-20-22-24-26-28-29-30-31-32-33-34-35-36-37-38-40-42-44-46-48-50-52-54-56-58-60-66(70)67-64(63-74-75(71,72)73-62-61-68(3,4)5)65(69)59-57-55-53-51-49-47-45-43-41-39-27-25-23-21-19-17-15-13-11-9-7-2/h30-31,49,51,57,59,64-65,69H,6-29,32-48,50,52-56,58,60-63H2,1-5H3,(H-,67,70,71,72)/p+1/b31-30-,51-49+,59-57+. The van der Waals surface area contributed by atoms with Gasteiger partial charge in [-0.2, -0.15) is 0 Å². The highest BCUT2D eigenvalue weighted by Crippen LogP contribution is 2.43. The van der Waals surface area contributed by atoms with E-state index >= 15 is 0 Å². The van der Waals surface area contributed by atoms with Gasteiger partial charge in [0, 0.05) is 6.42 Å². The van der Waals surface area contributed by atoms with Crippen LogP contribution in [-0.2, 0) is 18.4 Å². The van der Waals surface area contributed by atoms with E-state index in [4.69, 9.17) is 9.05 Å². The number of phosphoric ester groups is 1. The third-order valence-corrected chi connectivity index (χ3v) is 16.1. The van der Waals surface area contributed by atoms with Crippen LogP contribution < -0.4 is 5.32 Å². The largest absolute Gasteiger partial charge is 0.472 e. The number of rotatable bonds is 61. The Kier molecular flexibility index (Phi) is 56.4. The van der Waals surface area contributed by atoms with E-state index in [1.807, 2.05) is 27.2 Å². The molecule has 3 N–H and O–H groups in total. The number of nitrogens with one attached hydrogen (secondary N) is 1. The molecule has 75 heavy (non-hydrogen) atoms. The van der Waals surface area contributed by atoms with Crippen LogP contribution in [0.5, 0.6) is 0 Å². The fraction of sp³-hybridized carbons (Fsp3) is 0.894. The van der Waals surface area contributed by atoms with Crippen LogP contribution >= 0.6 is 7.82 Å². The average Bonchev–Trinajstić information content (AvgIpc) is 3.37. The van der Waals surface area contributed by atoms with Gasteiger partial charge < -0.3 is 19.8 Å². The number of aliphatic hydroxyl groups excluding tert-OH is 1. The molecule has 444 valence electrons. The number of hydrogen-bond donors (Lipinski definition) is 3. The predicted molar refractivity (Wildman–Crippen MR) is 328 cm³/mol. The molecule has 0 heterocycles. The van der Waals surface area contributed by atoms with Gasteiger partial charge in [-0.15, -0.1) is 0 Å². The zero-order valence-electron chi connectivity index (χ0n) is 50.8. The number of hydrogen-bond acceptors (Lipinski definition) is 5. The van der Waals surface area contributed by atoms with E-state index < -0.39 is 20.0 Å². The van der Waals surface area contributed by atoms with Crippen molar-refractivity contribution in [3.8, 4) is 0 Å². The molecule has 0 aromatic carbocycles. The minimum atomic E-state index is -4.36. The number of unbranched alkanes of at least 4 members (excludes halogenated alkanes) is 44. The van der Waals surface area contributed by atoms with E-state index in [0.717, 1.165) is 38.5 Å². The number of likely N-dealkylation sites (N-methyl/N-ethyl adjacent to an activating group) is 1. The maximum atomic E-state index is 13.0. The first-order valence-corrected chi connectivity index (χ1v) is 34.4. The van der Waals surface area contributed by atoms with Crippen molar-refractivity contribution in [3.63, 3.8) is 0 Å². The van der Waals surface area contributed by atoms with Gasteiger partial charge in [0.15, 0.2) is 0 Å². The number of nitrogens with zero attached hydrogens (tertiary/aromatic N) is 1. The monoisotopic (exact) mass is 1080 g/mol. The van der Waals surface area contributed by atoms with Gasteiger partial charge in [0.2, 0.25) is 5.91 Å². The zero-order valence-corrected chi connectivity index (χ0v) is 51.7. The summed E-state index contributed by atoms with van der Waals surface area (Å²) in [6.45, 7) is 4.84. The highest BCUT2D eigenvalue weighted by atomic mass is 31.2. The van der Waals surface area contributed by atoms with Gasteiger partial charge in [0.1, 0.15) is 13.2 Å². The van der Waals surface area contributed by atoms with E-state index in [0.29, 0.717) is 17.4 Å². The molecule has 0 aromatic heterocycles. The fourth-order valence-electron chi connectivity index (χ4n) is 9.94. The van der Waals surface area contributed by atoms with Gasteiger partial charge in [0.25, 0.3) is 0 Å². The Labute approximate surface area is 467 Å². The quantitative estimate of drug-likeness (QED) is 0.0243. The van der Waals surface area contributed by atoms with Crippen LogP contribution in [0.25, 0.3) is 0 Å². The minimum absolute atomic E-state index is 0.0576. The number of quaternary nitrogens is 1. The van der Waals surface area contributed by atoms with Crippen molar-refractivity contribution >= 4 is 13.7 Å². The molecule has 0 radical (unpaired) electrons. The van der Waals surface area contributed by atoms with Crippen molar-refractivity contribution in [2.75, 3.05) is 40.9 Å². The summed E-state index contributed by atoms with van der Waals surface area (Å²) in [5, 5.41) is 14.0. The van der Waals surface area contributed by atoms with Crippen LogP contribution in [0.4, 0.5) is 0 Å². The van der Waals surface area contributed by atoms with Crippen LogP contribution in [0.15, 0.2) is 36.5 Å². The maximum absolute atomic E-state index is 13.0. The van der Waals surface area contributed by atoms with E-state index in [1.54, 1.807) is 6.08 Å². The Bertz CT molecular complexity index is 1320. The summed E-state index contributed by atoms with van der Waals surface area (Å²) in [5.74, 6) is -0.181. The number of phosphoric acid groups is 1. The number of carbonyl (C=O) groups is 1. The molecule has 0 aliphatic heterocycles. The minimum Gasteiger partial charge on any atom is -0.387 e. The predicted octanol–water partition coefficient (Wildman–Crippen LogP) is 20.5. The average molecular weight is 1080 g/mol. The normalized spacial score (nSPS) is 14.0. The molecular weight excluding hydrogens is 948 g/mol. The molecule has 9 heteroatoms. The van der Waals surface area contributed by atoms with Gasteiger partial charge in [-0.1, -0.05) is 301 Å².